The fourth-order valence-electron chi connectivity index (χ4n) is 4.24. The molecule has 0 aromatic heterocycles. The number of anilines is 2. The summed E-state index contributed by atoms with van der Waals surface area (Å²) in [7, 11) is 0. The highest BCUT2D eigenvalue weighted by Crippen LogP contribution is 2.43. The Bertz CT molecular complexity index is 1070. The topological polar surface area (TPSA) is 40.6 Å². The normalized spacial score (nSPS) is 17.9. The van der Waals surface area contributed by atoms with E-state index in [2.05, 4.69) is 0 Å². The monoisotopic (exact) mass is 418 g/mol. The molecule has 3 aromatic carbocycles. The summed E-state index contributed by atoms with van der Waals surface area (Å²) in [4.78, 5) is 29.7. The van der Waals surface area contributed by atoms with Crippen molar-refractivity contribution < 1.29 is 9.59 Å². The minimum absolute atomic E-state index is 0.0397. The minimum Gasteiger partial charge on any atom is -0.305 e. The second-order valence-electron chi connectivity index (χ2n) is 7.57. The molecule has 2 atom stereocenters. The first-order valence-corrected chi connectivity index (χ1v) is 10.4. The summed E-state index contributed by atoms with van der Waals surface area (Å²) in [5, 5.41) is 0.557. The van der Waals surface area contributed by atoms with Crippen LogP contribution in [0, 0.1) is 0 Å². The molecule has 4 nitrogen and oxygen atoms in total. The van der Waals surface area contributed by atoms with E-state index in [-0.39, 0.29) is 23.9 Å². The van der Waals surface area contributed by atoms with Crippen LogP contribution in [0.3, 0.4) is 0 Å². The summed E-state index contributed by atoms with van der Waals surface area (Å²) in [6.45, 7) is 3.59. The Balaban J connectivity index is 1.82. The van der Waals surface area contributed by atoms with Crippen molar-refractivity contribution in [1.82, 2.24) is 0 Å². The van der Waals surface area contributed by atoms with Gasteiger partial charge in [-0.1, -0.05) is 54.1 Å². The molecule has 30 heavy (non-hydrogen) atoms. The van der Waals surface area contributed by atoms with Gasteiger partial charge in [0.15, 0.2) is 0 Å². The van der Waals surface area contributed by atoms with E-state index >= 15 is 0 Å². The number of carbonyl (C=O) groups excluding carboxylic acids is 2. The predicted octanol–water partition coefficient (Wildman–Crippen LogP) is 5.87. The predicted molar refractivity (Wildman–Crippen MR) is 121 cm³/mol. The van der Waals surface area contributed by atoms with Gasteiger partial charge in [0.25, 0.3) is 5.91 Å². The highest BCUT2D eigenvalue weighted by Gasteiger charge is 2.38. The van der Waals surface area contributed by atoms with Gasteiger partial charge in [-0.15, -0.1) is 0 Å². The van der Waals surface area contributed by atoms with Crippen LogP contribution in [0.5, 0.6) is 0 Å². The van der Waals surface area contributed by atoms with Crippen LogP contribution in [0.15, 0.2) is 78.9 Å². The van der Waals surface area contributed by atoms with Crippen LogP contribution in [-0.2, 0) is 4.79 Å². The Hall–Kier alpha value is -3.11. The van der Waals surface area contributed by atoms with Crippen LogP contribution in [-0.4, -0.2) is 17.9 Å². The molecule has 0 radical (unpaired) electrons. The molecule has 3 aromatic rings. The van der Waals surface area contributed by atoms with Gasteiger partial charge in [-0.3, -0.25) is 9.59 Å². The molecule has 2 amide bonds. The van der Waals surface area contributed by atoms with Gasteiger partial charge in [-0.25, -0.2) is 0 Å². The maximum Gasteiger partial charge on any atom is 0.258 e. The average Bonchev–Trinajstić information content (AvgIpc) is 2.74. The lowest BCUT2D eigenvalue weighted by Gasteiger charge is -2.43. The molecule has 0 saturated heterocycles. The van der Waals surface area contributed by atoms with Gasteiger partial charge in [0, 0.05) is 29.2 Å². The third kappa shape index (κ3) is 3.71. The fraction of sp³-hybridized carbons (Fsp3) is 0.200. The number of rotatable bonds is 3. The van der Waals surface area contributed by atoms with Gasteiger partial charge >= 0.3 is 0 Å². The lowest BCUT2D eigenvalue weighted by Crippen LogP contribution is -2.47. The zero-order valence-corrected chi connectivity index (χ0v) is 17.7. The molecule has 5 heteroatoms. The number of hydrogen-bond acceptors (Lipinski definition) is 2. The highest BCUT2D eigenvalue weighted by atomic mass is 35.5. The van der Waals surface area contributed by atoms with Gasteiger partial charge in [0.1, 0.15) is 0 Å². The first-order chi connectivity index (χ1) is 14.5. The molecular formula is C25H23ClN2O2. The van der Waals surface area contributed by atoms with Crippen molar-refractivity contribution in [3.05, 3.63) is 95.0 Å². The van der Waals surface area contributed by atoms with Crippen molar-refractivity contribution in [1.29, 1.82) is 0 Å². The molecular weight excluding hydrogens is 396 g/mol. The number of fused-ring (bicyclic) bond motifs is 1. The molecule has 0 aliphatic carbocycles. The molecule has 0 bridgehead atoms. The number of halogens is 1. The molecule has 2 unspecified atom stereocenters. The molecule has 152 valence electrons. The smallest absolute Gasteiger partial charge is 0.258 e. The van der Waals surface area contributed by atoms with Gasteiger partial charge in [-0.05, 0) is 55.3 Å². The Morgan fingerprint density at radius 3 is 2.23 bits per heavy atom. The molecule has 0 fully saturated rings. The van der Waals surface area contributed by atoms with E-state index in [4.69, 9.17) is 11.6 Å². The highest BCUT2D eigenvalue weighted by molar-refractivity contribution is 6.31. The molecule has 0 saturated carbocycles. The van der Waals surface area contributed by atoms with Crippen LogP contribution in [0.1, 0.15) is 42.2 Å². The molecule has 0 spiro atoms. The van der Waals surface area contributed by atoms with Crippen LogP contribution < -0.4 is 9.80 Å². The summed E-state index contributed by atoms with van der Waals surface area (Å²) in [6.07, 6.45) is 0.627. The first-order valence-electron chi connectivity index (χ1n) is 10.00. The number of hydrogen-bond donors (Lipinski definition) is 0. The van der Waals surface area contributed by atoms with Crippen LogP contribution in [0.25, 0.3) is 0 Å². The number of carbonyl (C=O) groups is 2. The Morgan fingerprint density at radius 2 is 1.60 bits per heavy atom. The zero-order valence-electron chi connectivity index (χ0n) is 17.0. The van der Waals surface area contributed by atoms with Gasteiger partial charge in [0.2, 0.25) is 5.91 Å². The Kier molecular flexibility index (Phi) is 5.60. The van der Waals surface area contributed by atoms with Gasteiger partial charge in [-0.2, -0.15) is 0 Å². The lowest BCUT2D eigenvalue weighted by atomic mass is 9.89. The zero-order chi connectivity index (χ0) is 21.3. The summed E-state index contributed by atoms with van der Waals surface area (Å²) in [5.41, 5.74) is 3.13. The second kappa shape index (κ2) is 8.33. The molecule has 0 N–H and O–H groups in total. The van der Waals surface area contributed by atoms with Crippen molar-refractivity contribution in [2.45, 2.75) is 32.4 Å². The van der Waals surface area contributed by atoms with Crippen LogP contribution >= 0.6 is 11.6 Å². The number of para-hydroxylation sites is 1. The van der Waals surface area contributed by atoms with Gasteiger partial charge in [0.05, 0.1) is 11.7 Å². The molecule has 1 heterocycles. The number of amides is 2. The fourth-order valence-corrected chi connectivity index (χ4v) is 4.41. The SMILES string of the molecule is CC(=O)N(c1ccccc1)C1CC(C)N(C(=O)c2ccccc2)c2cc(Cl)ccc21. The van der Waals surface area contributed by atoms with Crippen molar-refractivity contribution in [2.24, 2.45) is 0 Å². The Morgan fingerprint density at radius 1 is 0.967 bits per heavy atom. The van der Waals surface area contributed by atoms with Crippen molar-refractivity contribution in [2.75, 3.05) is 9.80 Å². The van der Waals surface area contributed by atoms with Gasteiger partial charge < -0.3 is 9.80 Å². The standard InChI is InChI=1S/C25H23ClN2O2/c1-17-15-23(28(18(2)29)21-11-7-4-8-12-21)22-14-13-20(26)16-24(22)27(17)25(30)19-9-5-3-6-10-19/h3-14,16-17,23H,15H2,1-2H3. The van der Waals surface area contributed by atoms with E-state index in [1.54, 1.807) is 11.8 Å². The molecule has 1 aliphatic rings. The maximum absolute atomic E-state index is 13.4. The quantitative estimate of drug-likeness (QED) is 0.533. The lowest BCUT2D eigenvalue weighted by molar-refractivity contribution is -0.117. The van der Waals surface area contributed by atoms with Crippen molar-refractivity contribution >= 4 is 34.8 Å². The van der Waals surface area contributed by atoms with E-state index in [1.165, 1.54) is 0 Å². The summed E-state index contributed by atoms with van der Waals surface area (Å²) >= 11 is 6.33. The van der Waals surface area contributed by atoms with E-state index < -0.39 is 0 Å². The van der Waals surface area contributed by atoms with E-state index in [0.717, 1.165) is 16.9 Å². The third-order valence-electron chi connectivity index (χ3n) is 5.54. The largest absolute Gasteiger partial charge is 0.305 e. The second-order valence-corrected chi connectivity index (χ2v) is 8.01. The van der Waals surface area contributed by atoms with Crippen LogP contribution in [0.4, 0.5) is 11.4 Å². The summed E-state index contributed by atoms with van der Waals surface area (Å²) in [5.74, 6) is -0.110. The average molecular weight is 419 g/mol. The van der Waals surface area contributed by atoms with E-state index in [9.17, 15) is 9.59 Å². The Labute approximate surface area is 181 Å². The van der Waals surface area contributed by atoms with E-state index in [1.807, 2.05) is 90.7 Å². The minimum atomic E-state index is -0.188. The molecule has 1 aliphatic heterocycles. The molecule has 4 rings (SSSR count). The maximum atomic E-state index is 13.4. The van der Waals surface area contributed by atoms with Crippen LogP contribution in [0.2, 0.25) is 5.02 Å². The number of benzene rings is 3. The number of nitrogens with zero attached hydrogens (tertiary/aromatic N) is 2. The van der Waals surface area contributed by atoms with Crippen molar-refractivity contribution in [3.63, 3.8) is 0 Å². The van der Waals surface area contributed by atoms with E-state index in [0.29, 0.717) is 17.0 Å². The summed E-state index contributed by atoms with van der Waals surface area (Å²) < 4.78 is 0. The third-order valence-corrected chi connectivity index (χ3v) is 5.78. The first kappa shape index (κ1) is 20.2. The summed E-state index contributed by atoms with van der Waals surface area (Å²) in [6, 6.07) is 24.2. The van der Waals surface area contributed by atoms with Crippen molar-refractivity contribution in [3.8, 4) is 0 Å².